The van der Waals surface area contributed by atoms with Crippen LogP contribution in [0.4, 0.5) is 5.88 Å². The zero-order valence-electron chi connectivity index (χ0n) is 16.0. The molecule has 0 aliphatic carbocycles. The fourth-order valence-corrected chi connectivity index (χ4v) is 3.29. The highest BCUT2D eigenvalue weighted by atomic mass is 16.5. The van der Waals surface area contributed by atoms with Gasteiger partial charge in [-0.15, -0.1) is 0 Å². The average molecular weight is 392 g/mol. The molecule has 0 N–H and O–H groups in total. The second-order valence-electron chi connectivity index (χ2n) is 6.65. The van der Waals surface area contributed by atoms with Gasteiger partial charge in [0.05, 0.1) is 19.8 Å². The van der Waals surface area contributed by atoms with Crippen molar-refractivity contribution in [3.63, 3.8) is 0 Å². The predicted octanol–water partition coefficient (Wildman–Crippen LogP) is 2.71. The monoisotopic (exact) mass is 392 g/mol. The molecule has 1 amide bonds. The Labute approximate surface area is 167 Å². The summed E-state index contributed by atoms with van der Waals surface area (Å²) in [5.41, 5.74) is 1.16. The maximum atomic E-state index is 12.6. The van der Waals surface area contributed by atoms with Crippen molar-refractivity contribution in [2.45, 2.75) is 6.42 Å². The van der Waals surface area contributed by atoms with Crippen LogP contribution in [-0.2, 0) is 11.2 Å². The third kappa shape index (κ3) is 3.94. The second kappa shape index (κ2) is 8.10. The molecule has 0 bridgehead atoms. The number of rotatable bonds is 5. The number of hydrogen-bond donors (Lipinski definition) is 0. The number of aromatic nitrogens is 1. The highest BCUT2D eigenvalue weighted by molar-refractivity contribution is 5.79. The van der Waals surface area contributed by atoms with Crippen LogP contribution in [0.3, 0.4) is 0 Å². The van der Waals surface area contributed by atoms with E-state index >= 15 is 0 Å². The van der Waals surface area contributed by atoms with Gasteiger partial charge in [-0.3, -0.25) is 4.79 Å². The fraction of sp³-hybridized carbons (Fsp3) is 0.286. The molecule has 3 aromatic rings. The molecule has 1 aliphatic rings. The van der Waals surface area contributed by atoms with Gasteiger partial charge in [0.2, 0.25) is 17.5 Å². The number of piperazine rings is 1. The summed E-state index contributed by atoms with van der Waals surface area (Å²) in [5, 5.41) is 9.40. The van der Waals surface area contributed by atoms with Crippen LogP contribution in [0, 0.1) is 11.3 Å². The summed E-state index contributed by atoms with van der Waals surface area (Å²) in [5.74, 6) is 2.01. The minimum absolute atomic E-state index is 0.0733. The van der Waals surface area contributed by atoms with Crippen molar-refractivity contribution in [2.24, 2.45) is 0 Å². The summed E-state index contributed by atoms with van der Waals surface area (Å²) in [4.78, 5) is 20.6. The zero-order chi connectivity index (χ0) is 20.2. The van der Waals surface area contributed by atoms with Gasteiger partial charge in [0.1, 0.15) is 11.8 Å². The van der Waals surface area contributed by atoms with Crippen LogP contribution in [-0.4, -0.2) is 49.1 Å². The third-order valence-corrected chi connectivity index (χ3v) is 4.88. The molecule has 2 aromatic heterocycles. The largest absolute Gasteiger partial charge is 0.497 e. The first-order valence-electron chi connectivity index (χ1n) is 9.28. The van der Waals surface area contributed by atoms with Crippen LogP contribution in [0.1, 0.15) is 11.3 Å². The lowest BCUT2D eigenvalue weighted by Crippen LogP contribution is -2.49. The van der Waals surface area contributed by atoms with Crippen LogP contribution in [0.25, 0.3) is 11.7 Å². The van der Waals surface area contributed by atoms with E-state index < -0.39 is 0 Å². The van der Waals surface area contributed by atoms with Crippen molar-refractivity contribution in [3.8, 4) is 23.5 Å². The number of ether oxygens (including phenoxy) is 1. The first kappa shape index (κ1) is 18.6. The number of nitriles is 1. The van der Waals surface area contributed by atoms with E-state index in [1.165, 1.54) is 6.26 Å². The number of nitrogens with zero attached hydrogens (tertiary/aromatic N) is 4. The highest BCUT2D eigenvalue weighted by Gasteiger charge is 2.27. The normalized spacial score (nSPS) is 13.9. The summed E-state index contributed by atoms with van der Waals surface area (Å²) in [6.07, 6.45) is 1.87. The number of furan rings is 1. The smallest absolute Gasteiger partial charge is 0.266 e. The van der Waals surface area contributed by atoms with Gasteiger partial charge in [-0.25, -0.2) is 0 Å². The van der Waals surface area contributed by atoms with Crippen molar-refractivity contribution < 1.29 is 18.4 Å². The number of methoxy groups -OCH3 is 1. The quantitative estimate of drug-likeness (QED) is 0.659. The molecule has 29 heavy (non-hydrogen) atoms. The summed E-state index contributed by atoms with van der Waals surface area (Å²) in [7, 11) is 1.61. The molecule has 4 rings (SSSR count). The predicted molar refractivity (Wildman–Crippen MR) is 104 cm³/mol. The molecule has 1 saturated heterocycles. The van der Waals surface area contributed by atoms with Gasteiger partial charge < -0.3 is 23.4 Å². The molecule has 3 heterocycles. The lowest BCUT2D eigenvalue weighted by molar-refractivity contribution is -0.130. The molecule has 0 radical (unpaired) electrons. The van der Waals surface area contributed by atoms with E-state index in [4.69, 9.17) is 13.6 Å². The minimum atomic E-state index is 0.0733. The number of carbonyl (C=O) groups excluding carboxylic acids is 1. The summed E-state index contributed by atoms with van der Waals surface area (Å²) in [6, 6.07) is 13.0. The Hall–Kier alpha value is -3.73. The van der Waals surface area contributed by atoms with E-state index in [1.54, 1.807) is 19.2 Å². The third-order valence-electron chi connectivity index (χ3n) is 4.88. The van der Waals surface area contributed by atoms with Crippen molar-refractivity contribution in [1.82, 2.24) is 9.88 Å². The minimum Gasteiger partial charge on any atom is -0.497 e. The van der Waals surface area contributed by atoms with Crippen LogP contribution in [0.2, 0.25) is 0 Å². The first-order valence-corrected chi connectivity index (χ1v) is 9.28. The van der Waals surface area contributed by atoms with E-state index in [0.717, 1.165) is 11.3 Å². The van der Waals surface area contributed by atoms with E-state index in [9.17, 15) is 10.1 Å². The summed E-state index contributed by atoms with van der Waals surface area (Å²) >= 11 is 0. The highest BCUT2D eigenvalue weighted by Crippen LogP contribution is 2.29. The molecule has 0 atom stereocenters. The fourth-order valence-electron chi connectivity index (χ4n) is 3.29. The topological polar surface area (TPSA) is 95.7 Å². The van der Waals surface area contributed by atoms with Gasteiger partial charge in [0.15, 0.2) is 5.76 Å². The molecule has 0 saturated carbocycles. The molecule has 1 aliphatic heterocycles. The number of hydrogen-bond acceptors (Lipinski definition) is 7. The summed E-state index contributed by atoms with van der Waals surface area (Å²) in [6.45, 7) is 2.24. The lowest BCUT2D eigenvalue weighted by atomic mass is 10.1. The van der Waals surface area contributed by atoms with Gasteiger partial charge >= 0.3 is 0 Å². The van der Waals surface area contributed by atoms with Gasteiger partial charge in [0, 0.05) is 26.2 Å². The number of anilines is 1. The van der Waals surface area contributed by atoms with E-state index in [0.29, 0.717) is 44.2 Å². The standard InChI is InChI=1S/C21H20N4O4/c1-27-16-6-4-15(5-7-16)13-19(26)24-8-10-25(11-9-24)21-17(14-22)23-20(29-21)18-3-2-12-28-18/h2-7,12H,8-11,13H2,1H3. The first-order chi connectivity index (χ1) is 14.2. The maximum Gasteiger partial charge on any atom is 0.266 e. The molecular formula is C21H20N4O4. The maximum absolute atomic E-state index is 12.6. The molecule has 0 unspecified atom stereocenters. The Morgan fingerprint density at radius 1 is 1.21 bits per heavy atom. The second-order valence-corrected chi connectivity index (χ2v) is 6.65. The number of benzene rings is 1. The van der Waals surface area contributed by atoms with Crippen molar-refractivity contribution >= 4 is 11.8 Å². The van der Waals surface area contributed by atoms with Crippen LogP contribution in [0.5, 0.6) is 5.75 Å². The lowest BCUT2D eigenvalue weighted by Gasteiger charge is -2.34. The van der Waals surface area contributed by atoms with Crippen LogP contribution < -0.4 is 9.64 Å². The molecule has 0 spiro atoms. The van der Waals surface area contributed by atoms with Gasteiger partial charge in [0.25, 0.3) is 5.89 Å². The Balaban J connectivity index is 1.39. The van der Waals surface area contributed by atoms with Crippen LogP contribution in [0.15, 0.2) is 51.5 Å². The average Bonchev–Trinajstić information content (AvgIpc) is 3.44. The molecule has 1 aromatic carbocycles. The molecular weight excluding hydrogens is 372 g/mol. The Bertz CT molecular complexity index is 1010. The molecule has 8 heteroatoms. The van der Waals surface area contributed by atoms with Crippen molar-refractivity contribution in [3.05, 3.63) is 53.9 Å². The van der Waals surface area contributed by atoms with Crippen LogP contribution >= 0.6 is 0 Å². The summed E-state index contributed by atoms with van der Waals surface area (Å²) < 4.78 is 16.2. The van der Waals surface area contributed by atoms with Crippen molar-refractivity contribution in [1.29, 1.82) is 5.26 Å². The van der Waals surface area contributed by atoms with E-state index in [1.807, 2.05) is 34.1 Å². The molecule has 8 nitrogen and oxygen atoms in total. The SMILES string of the molecule is COc1ccc(CC(=O)N2CCN(c3oc(-c4ccco4)nc3C#N)CC2)cc1. The van der Waals surface area contributed by atoms with Gasteiger partial charge in [-0.2, -0.15) is 10.2 Å². The number of carbonyl (C=O) groups is 1. The number of amides is 1. The molecule has 1 fully saturated rings. The zero-order valence-corrected chi connectivity index (χ0v) is 16.0. The Kier molecular flexibility index (Phi) is 5.20. The van der Waals surface area contributed by atoms with Gasteiger partial charge in [-0.05, 0) is 29.8 Å². The Morgan fingerprint density at radius 2 is 1.97 bits per heavy atom. The van der Waals surface area contributed by atoms with E-state index in [2.05, 4.69) is 11.1 Å². The van der Waals surface area contributed by atoms with Gasteiger partial charge in [-0.1, -0.05) is 12.1 Å². The number of oxazole rings is 1. The van der Waals surface area contributed by atoms with Crippen molar-refractivity contribution in [2.75, 3.05) is 38.2 Å². The van der Waals surface area contributed by atoms with E-state index in [-0.39, 0.29) is 17.5 Å². The molecule has 148 valence electrons. The Morgan fingerprint density at radius 3 is 2.59 bits per heavy atom.